The molecule has 0 unspecified atom stereocenters. The summed E-state index contributed by atoms with van der Waals surface area (Å²) < 4.78 is 43.8. The van der Waals surface area contributed by atoms with Gasteiger partial charge in [-0.3, -0.25) is 4.79 Å². The van der Waals surface area contributed by atoms with Crippen molar-refractivity contribution in [3.8, 4) is 5.88 Å². The van der Waals surface area contributed by atoms with Gasteiger partial charge in [0, 0.05) is 20.2 Å². The molecular weight excluding hydrogens is 335 g/mol. The van der Waals surface area contributed by atoms with E-state index in [9.17, 15) is 18.0 Å². The van der Waals surface area contributed by atoms with Gasteiger partial charge in [-0.05, 0) is 18.1 Å². The first-order valence-electron chi connectivity index (χ1n) is 7.49. The minimum absolute atomic E-state index is 0.00460. The molecule has 1 heterocycles. The van der Waals surface area contributed by atoms with Gasteiger partial charge in [-0.2, -0.15) is 18.2 Å². The van der Waals surface area contributed by atoms with Gasteiger partial charge in [-0.25, -0.2) is 4.98 Å². The number of amides is 1. The predicted molar refractivity (Wildman–Crippen MR) is 84.9 cm³/mol. The lowest BCUT2D eigenvalue weighted by molar-refractivity contribution is -0.141. The molecule has 0 fully saturated rings. The molecule has 0 aliphatic heterocycles. The maximum atomic E-state index is 12.8. The van der Waals surface area contributed by atoms with Gasteiger partial charge in [0.1, 0.15) is 12.4 Å². The molecule has 0 saturated carbocycles. The van der Waals surface area contributed by atoms with Crippen molar-refractivity contribution in [3.63, 3.8) is 0 Å². The number of ether oxygens (including phenoxy) is 1. The van der Waals surface area contributed by atoms with E-state index < -0.39 is 11.9 Å². The van der Waals surface area contributed by atoms with E-state index in [4.69, 9.17) is 4.74 Å². The van der Waals surface area contributed by atoms with Gasteiger partial charge in [-0.15, -0.1) is 0 Å². The van der Waals surface area contributed by atoms with E-state index in [1.807, 2.05) is 0 Å². The summed E-state index contributed by atoms with van der Waals surface area (Å²) in [5.41, 5.74) is 0.414. The second-order valence-electron chi connectivity index (χ2n) is 5.66. The van der Waals surface area contributed by atoms with Crippen molar-refractivity contribution in [1.82, 2.24) is 14.9 Å². The lowest BCUT2D eigenvalue weighted by atomic mass is 10.0. The fourth-order valence-corrected chi connectivity index (χ4v) is 2.10. The Labute approximate surface area is 143 Å². The van der Waals surface area contributed by atoms with E-state index in [-0.39, 0.29) is 30.6 Å². The number of aromatic nitrogens is 2. The van der Waals surface area contributed by atoms with Crippen LogP contribution in [0.5, 0.6) is 5.88 Å². The number of nitrogens with zero attached hydrogens (tertiary/aromatic N) is 3. The Morgan fingerprint density at radius 2 is 1.80 bits per heavy atom. The van der Waals surface area contributed by atoms with Crippen molar-refractivity contribution in [1.29, 1.82) is 0 Å². The molecule has 8 heteroatoms. The van der Waals surface area contributed by atoms with Crippen molar-refractivity contribution in [2.24, 2.45) is 0 Å². The van der Waals surface area contributed by atoms with Gasteiger partial charge in [0.05, 0.1) is 6.42 Å². The lowest BCUT2D eigenvalue weighted by Crippen LogP contribution is -2.24. The third-order valence-corrected chi connectivity index (χ3v) is 3.44. The van der Waals surface area contributed by atoms with Crippen molar-refractivity contribution in [2.75, 3.05) is 14.1 Å². The van der Waals surface area contributed by atoms with E-state index in [0.717, 1.165) is 11.6 Å². The minimum atomic E-state index is -4.57. The highest BCUT2D eigenvalue weighted by Crippen LogP contribution is 2.29. The van der Waals surface area contributed by atoms with Crippen LogP contribution in [0.3, 0.4) is 0 Å². The summed E-state index contributed by atoms with van der Waals surface area (Å²) in [7, 11) is 3.31. The normalized spacial score (nSPS) is 11.3. The Bertz CT molecular complexity index is 761. The van der Waals surface area contributed by atoms with E-state index in [1.165, 1.54) is 11.8 Å². The summed E-state index contributed by atoms with van der Waals surface area (Å²) in [5, 5.41) is 0. The first-order chi connectivity index (χ1) is 11.7. The van der Waals surface area contributed by atoms with E-state index in [0.29, 0.717) is 5.56 Å². The summed E-state index contributed by atoms with van der Waals surface area (Å²) in [6.07, 6.45) is -4.38. The number of alkyl halides is 3. The standard InChI is InChI=1S/C17H18F3N3O2/c1-11-21-14(17(18,19)20)9-15(22-11)25-10-13-7-5-4-6-12(13)8-16(24)23(2)3/h4-7,9H,8,10H2,1-3H3. The first kappa shape index (κ1) is 18.7. The topological polar surface area (TPSA) is 55.3 Å². The lowest BCUT2D eigenvalue weighted by Gasteiger charge is -2.14. The number of aryl methyl sites for hydroxylation is 1. The molecule has 0 saturated heterocycles. The van der Waals surface area contributed by atoms with Gasteiger partial charge in [0.2, 0.25) is 11.8 Å². The Balaban J connectivity index is 2.17. The molecule has 1 amide bonds. The zero-order valence-corrected chi connectivity index (χ0v) is 14.1. The first-order valence-corrected chi connectivity index (χ1v) is 7.49. The zero-order valence-electron chi connectivity index (χ0n) is 14.1. The van der Waals surface area contributed by atoms with Crippen molar-refractivity contribution < 1.29 is 22.7 Å². The summed E-state index contributed by atoms with van der Waals surface area (Å²) in [4.78, 5) is 20.6. The molecule has 0 radical (unpaired) electrons. The number of carbonyl (C=O) groups excluding carboxylic acids is 1. The highest BCUT2D eigenvalue weighted by molar-refractivity contribution is 5.78. The van der Waals surface area contributed by atoms with Crippen LogP contribution in [-0.2, 0) is 24.0 Å². The Kier molecular flexibility index (Phi) is 5.61. The highest BCUT2D eigenvalue weighted by atomic mass is 19.4. The third-order valence-electron chi connectivity index (χ3n) is 3.44. The van der Waals surface area contributed by atoms with Crippen molar-refractivity contribution in [3.05, 3.63) is 53.0 Å². The van der Waals surface area contributed by atoms with Gasteiger partial charge in [0.15, 0.2) is 5.69 Å². The van der Waals surface area contributed by atoms with Gasteiger partial charge >= 0.3 is 6.18 Å². The van der Waals surface area contributed by atoms with Crippen LogP contribution >= 0.6 is 0 Å². The molecule has 25 heavy (non-hydrogen) atoms. The molecular formula is C17H18F3N3O2. The molecule has 1 aromatic carbocycles. The maximum Gasteiger partial charge on any atom is 0.433 e. The predicted octanol–water partition coefficient (Wildman–Crippen LogP) is 3.01. The molecule has 0 spiro atoms. The third kappa shape index (κ3) is 5.17. The van der Waals surface area contributed by atoms with Crippen molar-refractivity contribution >= 4 is 5.91 Å². The molecule has 0 aliphatic carbocycles. The largest absolute Gasteiger partial charge is 0.473 e. The summed E-state index contributed by atoms with van der Waals surface area (Å²) in [6, 6.07) is 7.87. The number of likely N-dealkylation sites (N-methyl/N-ethyl adjacent to an activating group) is 1. The summed E-state index contributed by atoms with van der Waals surface area (Å²) in [5.74, 6) is -0.265. The zero-order chi connectivity index (χ0) is 18.6. The molecule has 2 rings (SSSR count). The molecule has 0 aliphatic rings. The highest BCUT2D eigenvalue weighted by Gasteiger charge is 2.33. The Hall–Kier alpha value is -2.64. The average molecular weight is 353 g/mol. The molecule has 2 aromatic rings. The monoisotopic (exact) mass is 353 g/mol. The van der Waals surface area contributed by atoms with Crippen LogP contribution in [0, 0.1) is 6.92 Å². The van der Waals surface area contributed by atoms with Crippen LogP contribution in [0.25, 0.3) is 0 Å². The fourth-order valence-electron chi connectivity index (χ4n) is 2.10. The Morgan fingerprint density at radius 3 is 2.40 bits per heavy atom. The van der Waals surface area contributed by atoms with E-state index in [1.54, 1.807) is 38.4 Å². The van der Waals surface area contributed by atoms with Crippen LogP contribution in [-0.4, -0.2) is 34.9 Å². The van der Waals surface area contributed by atoms with Crippen LogP contribution < -0.4 is 4.74 Å². The number of halogens is 3. The van der Waals surface area contributed by atoms with Crippen LogP contribution in [0.4, 0.5) is 13.2 Å². The minimum Gasteiger partial charge on any atom is -0.473 e. The number of carbonyl (C=O) groups is 1. The van der Waals surface area contributed by atoms with Crippen LogP contribution in [0.15, 0.2) is 30.3 Å². The summed E-state index contributed by atoms with van der Waals surface area (Å²) >= 11 is 0. The van der Waals surface area contributed by atoms with E-state index >= 15 is 0 Å². The van der Waals surface area contributed by atoms with Gasteiger partial charge < -0.3 is 9.64 Å². The van der Waals surface area contributed by atoms with Gasteiger partial charge in [0.25, 0.3) is 0 Å². The van der Waals surface area contributed by atoms with E-state index in [2.05, 4.69) is 9.97 Å². The summed E-state index contributed by atoms with van der Waals surface area (Å²) in [6.45, 7) is 1.37. The van der Waals surface area contributed by atoms with Crippen LogP contribution in [0.2, 0.25) is 0 Å². The van der Waals surface area contributed by atoms with Crippen LogP contribution in [0.1, 0.15) is 22.6 Å². The number of rotatable bonds is 5. The molecule has 5 nitrogen and oxygen atoms in total. The molecule has 134 valence electrons. The quantitative estimate of drug-likeness (QED) is 0.829. The Morgan fingerprint density at radius 1 is 1.16 bits per heavy atom. The van der Waals surface area contributed by atoms with Crippen molar-refractivity contribution in [2.45, 2.75) is 26.1 Å². The smallest absolute Gasteiger partial charge is 0.433 e. The second-order valence-corrected chi connectivity index (χ2v) is 5.66. The average Bonchev–Trinajstić information content (AvgIpc) is 2.52. The molecule has 0 atom stereocenters. The number of hydrogen-bond donors (Lipinski definition) is 0. The molecule has 1 aromatic heterocycles. The van der Waals surface area contributed by atoms with Gasteiger partial charge in [-0.1, -0.05) is 24.3 Å². The second kappa shape index (κ2) is 7.50. The molecule has 0 bridgehead atoms. The fraction of sp³-hybridized carbons (Fsp3) is 0.353. The maximum absolute atomic E-state index is 12.8. The SMILES string of the molecule is Cc1nc(OCc2ccccc2CC(=O)N(C)C)cc(C(F)(F)F)n1. The number of benzene rings is 1. The molecule has 0 N–H and O–H groups in total. The number of hydrogen-bond acceptors (Lipinski definition) is 4.